The van der Waals surface area contributed by atoms with Gasteiger partial charge in [-0.3, -0.25) is 0 Å². The Hall–Kier alpha value is -2.48. The zero-order chi connectivity index (χ0) is 11.9. The Kier molecular flexibility index (Phi) is 1.86. The predicted molar refractivity (Wildman–Crippen MR) is 73.5 cm³/mol. The fourth-order valence-corrected chi connectivity index (χ4v) is 2.48. The first kappa shape index (κ1) is 9.54. The van der Waals surface area contributed by atoms with E-state index in [0.717, 1.165) is 22.0 Å². The average molecular weight is 233 g/mol. The van der Waals surface area contributed by atoms with Crippen LogP contribution in [0.4, 0.5) is 0 Å². The van der Waals surface area contributed by atoms with Gasteiger partial charge in [0.1, 0.15) is 5.58 Å². The molecule has 0 saturated heterocycles. The molecule has 4 aromatic rings. The van der Waals surface area contributed by atoms with Crippen LogP contribution in [0.15, 0.2) is 65.4 Å². The molecular weight excluding hydrogens is 222 g/mol. The van der Waals surface area contributed by atoms with Crippen LogP contribution in [-0.4, -0.2) is 4.98 Å². The zero-order valence-corrected chi connectivity index (χ0v) is 9.68. The molecule has 0 radical (unpaired) electrons. The van der Waals surface area contributed by atoms with Gasteiger partial charge in [0.05, 0.1) is 6.26 Å². The molecule has 0 saturated carbocycles. The van der Waals surface area contributed by atoms with E-state index < -0.39 is 0 Å². The highest BCUT2D eigenvalue weighted by atomic mass is 16.3. The molecular formula is C16H11NO. The lowest BCUT2D eigenvalue weighted by Crippen LogP contribution is -1.72. The van der Waals surface area contributed by atoms with Crippen LogP contribution < -0.4 is 0 Å². The molecule has 18 heavy (non-hydrogen) atoms. The number of benzene rings is 2. The summed E-state index contributed by atoms with van der Waals surface area (Å²) in [6.07, 6.45) is 3.88. The van der Waals surface area contributed by atoms with Crippen LogP contribution in [0.3, 0.4) is 0 Å². The number of hydrogen-bond donors (Lipinski definition) is 1. The van der Waals surface area contributed by atoms with Gasteiger partial charge in [-0.15, -0.1) is 0 Å². The van der Waals surface area contributed by atoms with Crippen LogP contribution in [0.1, 0.15) is 0 Å². The molecule has 2 aromatic carbocycles. The molecule has 0 amide bonds. The highest BCUT2D eigenvalue weighted by molar-refractivity contribution is 6.03. The number of para-hydroxylation sites is 2. The number of aromatic amines is 1. The number of rotatable bonds is 1. The molecule has 2 nitrogen and oxygen atoms in total. The molecule has 2 aromatic heterocycles. The van der Waals surface area contributed by atoms with Crippen LogP contribution in [0, 0.1) is 0 Å². The second-order valence-electron chi connectivity index (χ2n) is 4.39. The minimum absolute atomic E-state index is 0.929. The maximum absolute atomic E-state index is 5.61. The largest absolute Gasteiger partial charge is 0.464 e. The van der Waals surface area contributed by atoms with E-state index >= 15 is 0 Å². The molecule has 2 heteroatoms. The molecule has 0 aliphatic carbocycles. The Morgan fingerprint density at radius 2 is 1.56 bits per heavy atom. The maximum atomic E-state index is 5.61. The summed E-state index contributed by atoms with van der Waals surface area (Å²) in [5.41, 5.74) is 4.41. The normalized spacial score (nSPS) is 11.3. The van der Waals surface area contributed by atoms with Crippen LogP contribution >= 0.6 is 0 Å². The van der Waals surface area contributed by atoms with Crippen molar-refractivity contribution in [1.82, 2.24) is 4.98 Å². The van der Waals surface area contributed by atoms with E-state index in [9.17, 15) is 0 Å². The molecule has 86 valence electrons. The van der Waals surface area contributed by atoms with Crippen molar-refractivity contribution in [2.45, 2.75) is 0 Å². The first-order valence-corrected chi connectivity index (χ1v) is 5.96. The van der Waals surface area contributed by atoms with Gasteiger partial charge in [0, 0.05) is 33.6 Å². The summed E-state index contributed by atoms with van der Waals surface area (Å²) in [6.45, 7) is 0. The van der Waals surface area contributed by atoms with Gasteiger partial charge in [-0.25, -0.2) is 0 Å². The SMILES string of the molecule is c1ccc2c(-c3coc4ccccc34)c[nH]c2c1. The molecule has 0 spiro atoms. The molecule has 0 bridgehead atoms. The summed E-state index contributed by atoms with van der Waals surface area (Å²) in [4.78, 5) is 3.30. The van der Waals surface area contributed by atoms with Gasteiger partial charge >= 0.3 is 0 Å². The maximum Gasteiger partial charge on any atom is 0.134 e. The van der Waals surface area contributed by atoms with Crippen LogP contribution in [-0.2, 0) is 0 Å². The third kappa shape index (κ3) is 1.23. The molecule has 0 atom stereocenters. The van der Waals surface area contributed by atoms with Gasteiger partial charge in [-0.05, 0) is 12.1 Å². The molecule has 0 aliphatic heterocycles. The number of hydrogen-bond acceptors (Lipinski definition) is 1. The van der Waals surface area contributed by atoms with E-state index in [4.69, 9.17) is 4.42 Å². The lowest BCUT2D eigenvalue weighted by molar-refractivity contribution is 0.617. The molecule has 0 aliphatic rings. The summed E-state index contributed by atoms with van der Waals surface area (Å²) >= 11 is 0. The summed E-state index contributed by atoms with van der Waals surface area (Å²) in [5.74, 6) is 0. The van der Waals surface area contributed by atoms with Crippen molar-refractivity contribution in [3.8, 4) is 11.1 Å². The van der Waals surface area contributed by atoms with Gasteiger partial charge in [0.15, 0.2) is 0 Å². The van der Waals surface area contributed by atoms with E-state index in [1.54, 1.807) is 0 Å². The van der Waals surface area contributed by atoms with Crippen molar-refractivity contribution in [2.75, 3.05) is 0 Å². The lowest BCUT2D eigenvalue weighted by Gasteiger charge is -1.96. The Morgan fingerprint density at radius 1 is 0.778 bits per heavy atom. The van der Waals surface area contributed by atoms with Gasteiger partial charge < -0.3 is 9.40 Å². The van der Waals surface area contributed by atoms with E-state index in [2.05, 4.69) is 29.2 Å². The van der Waals surface area contributed by atoms with E-state index in [1.165, 1.54) is 10.9 Å². The third-order valence-corrected chi connectivity index (χ3v) is 3.36. The number of aromatic nitrogens is 1. The quantitative estimate of drug-likeness (QED) is 0.512. The van der Waals surface area contributed by atoms with Crippen molar-refractivity contribution < 1.29 is 4.42 Å². The molecule has 0 unspecified atom stereocenters. The smallest absolute Gasteiger partial charge is 0.134 e. The Balaban J connectivity index is 2.08. The number of H-pyrrole nitrogens is 1. The number of nitrogens with one attached hydrogen (secondary N) is 1. The monoisotopic (exact) mass is 233 g/mol. The van der Waals surface area contributed by atoms with Crippen molar-refractivity contribution in [3.05, 3.63) is 61.0 Å². The molecule has 4 rings (SSSR count). The first-order chi connectivity index (χ1) is 8.93. The molecule has 0 fully saturated rings. The second kappa shape index (κ2) is 3.50. The number of fused-ring (bicyclic) bond motifs is 2. The fourth-order valence-electron chi connectivity index (χ4n) is 2.48. The number of furan rings is 1. The van der Waals surface area contributed by atoms with Gasteiger partial charge in [0.25, 0.3) is 0 Å². The highest BCUT2D eigenvalue weighted by Crippen LogP contribution is 2.34. The molecule has 1 N–H and O–H groups in total. The Morgan fingerprint density at radius 3 is 2.50 bits per heavy atom. The van der Waals surface area contributed by atoms with Crippen LogP contribution in [0.2, 0.25) is 0 Å². The molecule has 2 heterocycles. The van der Waals surface area contributed by atoms with Gasteiger partial charge in [0.2, 0.25) is 0 Å². The van der Waals surface area contributed by atoms with Crippen molar-refractivity contribution in [1.29, 1.82) is 0 Å². The van der Waals surface area contributed by atoms with Crippen LogP contribution in [0.25, 0.3) is 33.0 Å². The zero-order valence-electron chi connectivity index (χ0n) is 9.68. The Bertz CT molecular complexity index is 766. The van der Waals surface area contributed by atoms with Crippen LogP contribution in [0.5, 0.6) is 0 Å². The minimum atomic E-state index is 0.929. The second-order valence-corrected chi connectivity index (χ2v) is 4.39. The summed E-state index contributed by atoms with van der Waals surface area (Å²) in [6, 6.07) is 16.4. The van der Waals surface area contributed by atoms with Gasteiger partial charge in [-0.1, -0.05) is 36.4 Å². The third-order valence-electron chi connectivity index (χ3n) is 3.36. The lowest BCUT2D eigenvalue weighted by atomic mass is 10.0. The van der Waals surface area contributed by atoms with Crippen molar-refractivity contribution in [3.63, 3.8) is 0 Å². The average Bonchev–Trinajstić information content (AvgIpc) is 3.01. The van der Waals surface area contributed by atoms with E-state index in [1.807, 2.05) is 36.7 Å². The Labute approximate surface area is 104 Å². The van der Waals surface area contributed by atoms with E-state index in [0.29, 0.717) is 0 Å². The van der Waals surface area contributed by atoms with Crippen molar-refractivity contribution in [2.24, 2.45) is 0 Å². The summed E-state index contributed by atoms with van der Waals surface area (Å²) in [5, 5.41) is 2.38. The predicted octanol–water partition coefficient (Wildman–Crippen LogP) is 4.58. The summed E-state index contributed by atoms with van der Waals surface area (Å²) < 4.78 is 5.61. The topological polar surface area (TPSA) is 28.9 Å². The van der Waals surface area contributed by atoms with Gasteiger partial charge in [-0.2, -0.15) is 0 Å². The minimum Gasteiger partial charge on any atom is -0.464 e. The highest BCUT2D eigenvalue weighted by Gasteiger charge is 2.11. The fraction of sp³-hybridized carbons (Fsp3) is 0. The summed E-state index contributed by atoms with van der Waals surface area (Å²) in [7, 11) is 0. The standard InChI is InChI=1S/C16H11NO/c1-3-7-15-11(5-1)13(9-17-15)14-10-18-16-8-4-2-6-12(14)16/h1-10,17H. The van der Waals surface area contributed by atoms with Crippen molar-refractivity contribution >= 4 is 21.9 Å². The van der Waals surface area contributed by atoms with E-state index in [-0.39, 0.29) is 0 Å². The first-order valence-electron chi connectivity index (χ1n) is 5.96.